The molecule has 4 aliphatic carbocycles. The summed E-state index contributed by atoms with van der Waals surface area (Å²) in [6.07, 6.45) is 6.49. The van der Waals surface area contributed by atoms with Crippen LogP contribution in [-0.4, -0.2) is 28.2 Å². The van der Waals surface area contributed by atoms with Crippen LogP contribution in [0.4, 0.5) is 0 Å². The standard InChI is InChI=1S/C18H22BrNO/c1-20(17(21)14-5-3-2-4-6-14)18-10-12-7-13(11-18)9-15(8-12)16(18)19/h2-6,12-13,15-16H,7-11H2,1H3. The predicted molar refractivity (Wildman–Crippen MR) is 87.5 cm³/mol. The largest absolute Gasteiger partial charge is 0.335 e. The fourth-order valence-electron chi connectivity index (χ4n) is 5.37. The van der Waals surface area contributed by atoms with Crippen molar-refractivity contribution in [3.63, 3.8) is 0 Å². The number of benzene rings is 1. The monoisotopic (exact) mass is 347 g/mol. The van der Waals surface area contributed by atoms with Crippen molar-refractivity contribution in [2.24, 2.45) is 17.8 Å². The number of hydrogen-bond acceptors (Lipinski definition) is 1. The molecule has 3 unspecified atom stereocenters. The van der Waals surface area contributed by atoms with Crippen LogP contribution in [-0.2, 0) is 0 Å². The highest BCUT2D eigenvalue weighted by molar-refractivity contribution is 9.09. The number of amides is 1. The van der Waals surface area contributed by atoms with Crippen LogP contribution in [0.3, 0.4) is 0 Å². The van der Waals surface area contributed by atoms with Gasteiger partial charge in [-0.15, -0.1) is 0 Å². The first-order valence-corrected chi connectivity index (χ1v) is 8.99. The molecule has 4 bridgehead atoms. The topological polar surface area (TPSA) is 20.3 Å². The first-order chi connectivity index (χ1) is 10.1. The molecule has 3 atom stereocenters. The first kappa shape index (κ1) is 13.8. The fraction of sp³-hybridized carbons (Fsp3) is 0.611. The second kappa shape index (κ2) is 4.84. The van der Waals surface area contributed by atoms with Crippen molar-refractivity contribution in [3.8, 4) is 0 Å². The maximum absolute atomic E-state index is 12.9. The molecule has 1 amide bonds. The Kier molecular flexibility index (Phi) is 3.18. The summed E-state index contributed by atoms with van der Waals surface area (Å²) in [7, 11) is 2.02. The molecular formula is C18H22BrNO. The van der Waals surface area contributed by atoms with Gasteiger partial charge in [0.15, 0.2) is 0 Å². The van der Waals surface area contributed by atoms with E-state index in [0.29, 0.717) is 4.83 Å². The van der Waals surface area contributed by atoms with E-state index in [4.69, 9.17) is 0 Å². The van der Waals surface area contributed by atoms with E-state index in [-0.39, 0.29) is 11.4 Å². The zero-order valence-electron chi connectivity index (χ0n) is 12.5. The van der Waals surface area contributed by atoms with Gasteiger partial charge in [-0.1, -0.05) is 34.1 Å². The third-order valence-corrected chi connectivity index (χ3v) is 7.74. The maximum atomic E-state index is 12.9. The summed E-state index contributed by atoms with van der Waals surface area (Å²) < 4.78 is 0. The molecule has 4 fully saturated rings. The Balaban J connectivity index is 1.67. The van der Waals surface area contributed by atoms with E-state index in [0.717, 1.165) is 23.3 Å². The van der Waals surface area contributed by atoms with Crippen LogP contribution in [0, 0.1) is 17.8 Å². The highest BCUT2D eigenvalue weighted by Crippen LogP contribution is 2.59. The van der Waals surface area contributed by atoms with Gasteiger partial charge in [0.2, 0.25) is 0 Å². The lowest BCUT2D eigenvalue weighted by Crippen LogP contribution is -2.66. The van der Waals surface area contributed by atoms with Crippen molar-refractivity contribution >= 4 is 21.8 Å². The van der Waals surface area contributed by atoms with Crippen LogP contribution in [0.5, 0.6) is 0 Å². The van der Waals surface area contributed by atoms with Gasteiger partial charge in [-0.25, -0.2) is 0 Å². The highest BCUT2D eigenvalue weighted by Gasteiger charge is 2.58. The van der Waals surface area contributed by atoms with Gasteiger partial charge in [0, 0.05) is 17.4 Å². The number of carbonyl (C=O) groups excluding carboxylic acids is 1. The molecule has 4 saturated carbocycles. The van der Waals surface area contributed by atoms with Crippen molar-refractivity contribution in [1.82, 2.24) is 4.90 Å². The van der Waals surface area contributed by atoms with E-state index in [2.05, 4.69) is 20.8 Å². The van der Waals surface area contributed by atoms with Gasteiger partial charge >= 0.3 is 0 Å². The average molecular weight is 348 g/mol. The van der Waals surface area contributed by atoms with E-state index < -0.39 is 0 Å². The Labute approximate surface area is 135 Å². The van der Waals surface area contributed by atoms with Gasteiger partial charge < -0.3 is 4.90 Å². The van der Waals surface area contributed by atoms with E-state index in [1.54, 1.807) is 0 Å². The second-order valence-corrected chi connectivity index (χ2v) is 8.33. The number of carbonyl (C=O) groups is 1. The predicted octanol–water partition coefficient (Wildman–Crippen LogP) is 4.10. The summed E-state index contributed by atoms with van der Waals surface area (Å²) in [5.74, 6) is 2.62. The number of hydrogen-bond donors (Lipinski definition) is 0. The van der Waals surface area contributed by atoms with Crippen molar-refractivity contribution in [3.05, 3.63) is 35.9 Å². The Hall–Kier alpha value is -0.830. The van der Waals surface area contributed by atoms with Crippen molar-refractivity contribution in [1.29, 1.82) is 0 Å². The van der Waals surface area contributed by atoms with Gasteiger partial charge in [0.05, 0.1) is 5.54 Å². The molecule has 0 saturated heterocycles. The zero-order valence-corrected chi connectivity index (χ0v) is 14.1. The molecule has 0 spiro atoms. The Morgan fingerprint density at radius 1 is 1.14 bits per heavy atom. The summed E-state index contributed by atoms with van der Waals surface area (Å²) >= 11 is 3.98. The van der Waals surface area contributed by atoms with Gasteiger partial charge in [0.25, 0.3) is 5.91 Å². The summed E-state index contributed by atoms with van der Waals surface area (Å²) in [5, 5.41) is 0. The third kappa shape index (κ3) is 2.00. The number of alkyl halides is 1. The fourth-order valence-corrected chi connectivity index (χ4v) is 6.48. The molecule has 2 nitrogen and oxygen atoms in total. The smallest absolute Gasteiger partial charge is 0.254 e. The number of rotatable bonds is 2. The van der Waals surface area contributed by atoms with E-state index in [1.165, 1.54) is 32.1 Å². The molecular weight excluding hydrogens is 326 g/mol. The molecule has 0 radical (unpaired) electrons. The molecule has 0 N–H and O–H groups in total. The Morgan fingerprint density at radius 3 is 2.38 bits per heavy atom. The second-order valence-electron chi connectivity index (χ2n) is 7.34. The van der Waals surface area contributed by atoms with Crippen LogP contribution in [0.15, 0.2) is 30.3 Å². The molecule has 1 aromatic rings. The van der Waals surface area contributed by atoms with Crippen molar-refractivity contribution in [2.75, 3.05) is 7.05 Å². The van der Waals surface area contributed by atoms with Crippen LogP contribution >= 0.6 is 15.9 Å². The number of nitrogens with zero attached hydrogens (tertiary/aromatic N) is 1. The van der Waals surface area contributed by atoms with Crippen LogP contribution in [0.2, 0.25) is 0 Å². The summed E-state index contributed by atoms with van der Waals surface area (Å²) in [4.78, 5) is 15.5. The lowest BCUT2D eigenvalue weighted by atomic mass is 9.52. The molecule has 4 aliphatic rings. The lowest BCUT2D eigenvalue weighted by Gasteiger charge is -2.62. The summed E-state index contributed by atoms with van der Waals surface area (Å²) in [6, 6.07) is 9.73. The van der Waals surface area contributed by atoms with E-state index in [9.17, 15) is 4.79 Å². The molecule has 112 valence electrons. The van der Waals surface area contributed by atoms with Gasteiger partial charge in [0.1, 0.15) is 0 Å². The van der Waals surface area contributed by atoms with Crippen molar-refractivity contribution < 1.29 is 4.79 Å². The average Bonchev–Trinajstić information content (AvgIpc) is 2.51. The van der Waals surface area contributed by atoms with Gasteiger partial charge in [-0.05, 0) is 62.0 Å². The number of halogens is 1. The van der Waals surface area contributed by atoms with Crippen molar-refractivity contribution in [2.45, 2.75) is 42.5 Å². The molecule has 5 rings (SSSR count). The summed E-state index contributed by atoms with van der Waals surface area (Å²) in [6.45, 7) is 0. The normalized spacial score (nSPS) is 40.3. The first-order valence-electron chi connectivity index (χ1n) is 8.07. The van der Waals surface area contributed by atoms with Gasteiger partial charge in [-0.2, -0.15) is 0 Å². The van der Waals surface area contributed by atoms with Crippen LogP contribution in [0.1, 0.15) is 42.5 Å². The molecule has 3 heteroatoms. The summed E-state index contributed by atoms with van der Waals surface area (Å²) in [5.41, 5.74) is 0.859. The lowest BCUT2D eigenvalue weighted by molar-refractivity contribution is -0.0584. The minimum atomic E-state index is 0.0433. The third-order valence-electron chi connectivity index (χ3n) is 6.14. The SMILES string of the molecule is CN(C(=O)c1ccccc1)C12CC3CC(CC(C3)C1Br)C2. The molecule has 1 aromatic carbocycles. The minimum Gasteiger partial charge on any atom is -0.335 e. The molecule has 0 aromatic heterocycles. The van der Waals surface area contributed by atoms with Gasteiger partial charge in [-0.3, -0.25) is 4.79 Å². The zero-order chi connectivity index (χ0) is 14.6. The van der Waals surface area contributed by atoms with E-state index >= 15 is 0 Å². The minimum absolute atomic E-state index is 0.0433. The van der Waals surface area contributed by atoms with Crippen LogP contribution in [0.25, 0.3) is 0 Å². The Bertz CT molecular complexity index is 544. The molecule has 0 aliphatic heterocycles. The quantitative estimate of drug-likeness (QED) is 0.737. The molecule has 0 heterocycles. The maximum Gasteiger partial charge on any atom is 0.254 e. The Morgan fingerprint density at radius 2 is 1.76 bits per heavy atom. The van der Waals surface area contributed by atoms with Crippen LogP contribution < -0.4 is 0 Å². The van der Waals surface area contributed by atoms with E-state index in [1.807, 2.05) is 37.4 Å². The highest BCUT2D eigenvalue weighted by atomic mass is 79.9. The molecule has 21 heavy (non-hydrogen) atoms.